The fraction of sp³-hybridized carbons (Fsp3) is 0.625. The van der Waals surface area contributed by atoms with E-state index in [9.17, 15) is 4.79 Å². The molecule has 0 amide bonds. The summed E-state index contributed by atoms with van der Waals surface area (Å²) in [6.07, 6.45) is 12.9. The van der Waals surface area contributed by atoms with E-state index in [4.69, 9.17) is 4.74 Å². The number of esters is 1. The van der Waals surface area contributed by atoms with Gasteiger partial charge >= 0.3 is 5.97 Å². The zero-order chi connectivity index (χ0) is 13.8. The molecule has 0 aliphatic heterocycles. The van der Waals surface area contributed by atoms with Crippen LogP contribution in [0.5, 0.6) is 0 Å². The van der Waals surface area contributed by atoms with Crippen LogP contribution in [0.1, 0.15) is 58.3 Å². The molecule has 1 aromatic heterocycles. The quantitative estimate of drug-likeness (QED) is 0.354. The topological polar surface area (TPSA) is 30.2 Å². The summed E-state index contributed by atoms with van der Waals surface area (Å²) in [5.74, 6) is -0.0927. The highest BCUT2D eigenvalue weighted by Gasteiger charge is 2.05. The Morgan fingerprint density at radius 1 is 0.950 bits per heavy atom. The maximum atomic E-state index is 11.5. The number of carbonyl (C=O) groups excluding carboxylic acids is 1. The van der Waals surface area contributed by atoms with Gasteiger partial charge in [-0.2, -0.15) is 4.57 Å². The van der Waals surface area contributed by atoms with E-state index in [0.717, 1.165) is 12.8 Å². The first-order chi connectivity index (χ1) is 9.33. The number of halogens is 1. The van der Waals surface area contributed by atoms with Crippen LogP contribution in [-0.2, 0) is 16.3 Å². The van der Waals surface area contributed by atoms with Crippen molar-refractivity contribution in [2.24, 2.45) is 0 Å². The number of hydrogen-bond acceptors (Lipinski definition) is 2. The van der Waals surface area contributed by atoms with E-state index >= 15 is 0 Å². The Balaban J connectivity index is 0.00000361. The highest BCUT2D eigenvalue weighted by Crippen LogP contribution is 2.08. The van der Waals surface area contributed by atoms with Gasteiger partial charge < -0.3 is 21.7 Å². The molecule has 20 heavy (non-hydrogen) atoms. The molecule has 3 nitrogen and oxygen atoms in total. The van der Waals surface area contributed by atoms with Crippen molar-refractivity contribution in [1.82, 2.24) is 0 Å². The van der Waals surface area contributed by atoms with Crippen LogP contribution in [0.25, 0.3) is 0 Å². The normalized spacial score (nSPS) is 9.85. The molecule has 1 heterocycles. The Morgan fingerprint density at radius 2 is 1.55 bits per heavy atom. The third-order valence-corrected chi connectivity index (χ3v) is 3.14. The molecule has 0 saturated carbocycles. The molecule has 0 spiro atoms. The lowest BCUT2D eigenvalue weighted by Crippen LogP contribution is -3.00. The smallest absolute Gasteiger partial charge is 0.310 e. The molecule has 4 heteroatoms. The van der Waals surface area contributed by atoms with Crippen molar-refractivity contribution in [1.29, 1.82) is 0 Å². The van der Waals surface area contributed by atoms with Gasteiger partial charge in [0.1, 0.15) is 0 Å². The Morgan fingerprint density at radius 3 is 2.20 bits per heavy atom. The van der Waals surface area contributed by atoms with Crippen LogP contribution in [0, 0.1) is 0 Å². The lowest BCUT2D eigenvalue weighted by atomic mass is 10.1. The SMILES string of the molecule is CCCCCCCCCC(=O)OC[n+]1ccccc1.[Br-]. The molecule has 0 aliphatic rings. The zero-order valence-corrected chi connectivity index (χ0v) is 14.0. The zero-order valence-electron chi connectivity index (χ0n) is 12.4. The van der Waals surface area contributed by atoms with Crippen molar-refractivity contribution in [3.05, 3.63) is 30.6 Å². The Hall–Kier alpha value is -0.900. The van der Waals surface area contributed by atoms with E-state index < -0.39 is 0 Å². The Labute approximate surface area is 133 Å². The number of carbonyl (C=O) groups is 1. The van der Waals surface area contributed by atoms with Crippen LogP contribution in [0.2, 0.25) is 0 Å². The van der Waals surface area contributed by atoms with Crippen LogP contribution in [0.4, 0.5) is 0 Å². The fourth-order valence-electron chi connectivity index (χ4n) is 1.97. The van der Waals surface area contributed by atoms with E-state index in [1.54, 1.807) is 0 Å². The lowest BCUT2D eigenvalue weighted by molar-refractivity contribution is -0.727. The van der Waals surface area contributed by atoms with Gasteiger partial charge in [0.15, 0.2) is 12.4 Å². The van der Waals surface area contributed by atoms with Crippen LogP contribution in [0.3, 0.4) is 0 Å². The van der Waals surface area contributed by atoms with Gasteiger partial charge in [-0.25, -0.2) is 0 Å². The molecule has 0 fully saturated rings. The van der Waals surface area contributed by atoms with Gasteiger partial charge in [0.25, 0.3) is 6.73 Å². The number of rotatable bonds is 10. The summed E-state index contributed by atoms with van der Waals surface area (Å²) in [7, 11) is 0. The van der Waals surface area contributed by atoms with Crippen molar-refractivity contribution >= 4 is 5.97 Å². The standard InChI is InChI=1S/C16H26NO2.BrH/c1-2-3-4-5-6-7-9-12-16(18)19-15-17-13-10-8-11-14-17;/h8,10-11,13-14H,2-7,9,12,15H2,1H3;1H/q+1;/p-1. The van der Waals surface area contributed by atoms with Crippen molar-refractivity contribution < 1.29 is 31.1 Å². The second-order valence-electron chi connectivity index (χ2n) is 4.91. The van der Waals surface area contributed by atoms with Gasteiger partial charge in [0, 0.05) is 18.6 Å². The average Bonchev–Trinajstić information content (AvgIpc) is 2.45. The minimum absolute atomic E-state index is 0. The van der Waals surface area contributed by atoms with Crippen molar-refractivity contribution in [2.75, 3.05) is 0 Å². The van der Waals surface area contributed by atoms with Crippen molar-refractivity contribution in [2.45, 2.75) is 65.0 Å². The van der Waals surface area contributed by atoms with Gasteiger partial charge in [-0.15, -0.1) is 0 Å². The van der Waals surface area contributed by atoms with E-state index in [0.29, 0.717) is 13.2 Å². The second-order valence-corrected chi connectivity index (χ2v) is 4.91. The van der Waals surface area contributed by atoms with E-state index in [-0.39, 0.29) is 23.0 Å². The molecular formula is C16H26BrNO2. The summed E-state index contributed by atoms with van der Waals surface area (Å²) in [6, 6.07) is 5.78. The Bertz CT molecular complexity index is 344. The number of hydrogen-bond donors (Lipinski definition) is 0. The largest absolute Gasteiger partial charge is 1.00 e. The average molecular weight is 344 g/mol. The fourth-order valence-corrected chi connectivity index (χ4v) is 1.97. The van der Waals surface area contributed by atoms with Crippen molar-refractivity contribution in [3.63, 3.8) is 0 Å². The van der Waals surface area contributed by atoms with E-state index in [1.165, 1.54) is 32.1 Å². The highest BCUT2D eigenvalue weighted by atomic mass is 79.9. The molecule has 0 bridgehead atoms. The van der Waals surface area contributed by atoms with Crippen molar-refractivity contribution in [3.8, 4) is 0 Å². The van der Waals surface area contributed by atoms with Gasteiger partial charge in [0.05, 0.1) is 0 Å². The van der Waals surface area contributed by atoms with Gasteiger partial charge in [-0.3, -0.25) is 4.79 Å². The second kappa shape index (κ2) is 13.1. The van der Waals surface area contributed by atoms with Crippen LogP contribution in [0.15, 0.2) is 30.6 Å². The minimum Gasteiger partial charge on any atom is -1.00 e. The lowest BCUT2D eigenvalue weighted by Gasteiger charge is -2.02. The molecule has 0 aromatic carbocycles. The monoisotopic (exact) mass is 343 g/mol. The number of nitrogens with zero attached hydrogens (tertiary/aromatic N) is 1. The summed E-state index contributed by atoms with van der Waals surface area (Å²) in [6.45, 7) is 2.54. The predicted molar refractivity (Wildman–Crippen MR) is 75.3 cm³/mol. The summed E-state index contributed by atoms with van der Waals surface area (Å²) in [5.41, 5.74) is 0. The van der Waals surface area contributed by atoms with E-state index in [1.807, 2.05) is 35.2 Å². The summed E-state index contributed by atoms with van der Waals surface area (Å²) in [4.78, 5) is 11.5. The first-order valence-electron chi connectivity index (χ1n) is 7.42. The van der Waals surface area contributed by atoms with Gasteiger partial charge in [-0.1, -0.05) is 51.5 Å². The number of aromatic nitrogens is 1. The third-order valence-electron chi connectivity index (χ3n) is 3.14. The maximum absolute atomic E-state index is 11.5. The molecule has 0 aliphatic carbocycles. The molecule has 1 aromatic rings. The molecule has 0 atom stereocenters. The maximum Gasteiger partial charge on any atom is 0.310 e. The first-order valence-corrected chi connectivity index (χ1v) is 7.42. The van der Waals surface area contributed by atoms with E-state index in [2.05, 4.69) is 6.92 Å². The van der Waals surface area contributed by atoms with Crippen LogP contribution >= 0.6 is 0 Å². The third kappa shape index (κ3) is 9.96. The molecule has 114 valence electrons. The predicted octanol–water partition coefficient (Wildman–Crippen LogP) is 0.620. The van der Waals surface area contributed by atoms with Gasteiger partial charge in [0.2, 0.25) is 0 Å². The first kappa shape index (κ1) is 19.1. The number of ether oxygens (including phenoxy) is 1. The minimum atomic E-state index is -0.0927. The highest BCUT2D eigenvalue weighted by molar-refractivity contribution is 5.68. The van der Waals surface area contributed by atoms with Crippen LogP contribution < -0.4 is 21.5 Å². The summed E-state index contributed by atoms with van der Waals surface area (Å²) in [5, 5.41) is 0. The Kier molecular flexibility index (Phi) is 12.5. The number of unbranched alkanes of at least 4 members (excludes halogenated alkanes) is 6. The van der Waals surface area contributed by atoms with Crippen LogP contribution in [-0.4, -0.2) is 5.97 Å². The number of pyridine rings is 1. The van der Waals surface area contributed by atoms with Gasteiger partial charge in [-0.05, 0) is 6.42 Å². The summed E-state index contributed by atoms with van der Waals surface area (Å²) >= 11 is 0. The molecule has 0 N–H and O–H groups in total. The molecule has 0 unspecified atom stereocenters. The molecule has 0 radical (unpaired) electrons. The molecule has 0 saturated heterocycles. The molecular weight excluding hydrogens is 318 g/mol. The summed E-state index contributed by atoms with van der Waals surface area (Å²) < 4.78 is 7.05. The molecule has 1 rings (SSSR count).